The van der Waals surface area contributed by atoms with Crippen molar-refractivity contribution >= 4 is 27.7 Å². The van der Waals surface area contributed by atoms with Gasteiger partial charge in [-0.25, -0.2) is 13.2 Å². The number of halogens is 1. The SMILES string of the molecule is Cc1ccc(S(=O)(=O)N2CCC[C@H](CN(C)C(=O)OC(C)(C)C)C2)cc1Cl. The average Bonchev–Trinajstić information content (AvgIpc) is 2.56. The van der Waals surface area contributed by atoms with E-state index in [4.69, 9.17) is 16.3 Å². The summed E-state index contributed by atoms with van der Waals surface area (Å²) in [6, 6.07) is 4.81. The van der Waals surface area contributed by atoms with Crippen LogP contribution in [-0.4, -0.2) is 56.0 Å². The number of rotatable bonds is 4. The first kappa shape index (κ1) is 22.0. The van der Waals surface area contributed by atoms with Crippen LogP contribution in [0.4, 0.5) is 4.79 Å². The van der Waals surface area contributed by atoms with E-state index in [2.05, 4.69) is 0 Å². The van der Waals surface area contributed by atoms with Crippen LogP contribution >= 0.6 is 11.6 Å². The van der Waals surface area contributed by atoms with Crippen molar-refractivity contribution in [3.05, 3.63) is 28.8 Å². The summed E-state index contributed by atoms with van der Waals surface area (Å²) in [6.07, 6.45) is 1.23. The molecule has 27 heavy (non-hydrogen) atoms. The molecule has 1 aromatic rings. The molecule has 0 unspecified atom stereocenters. The predicted molar refractivity (Wildman–Crippen MR) is 107 cm³/mol. The minimum absolute atomic E-state index is 0.0620. The van der Waals surface area contributed by atoms with E-state index in [0.29, 0.717) is 24.7 Å². The number of amides is 1. The third kappa shape index (κ3) is 5.83. The lowest BCUT2D eigenvalue weighted by atomic mass is 9.99. The molecule has 2 rings (SSSR count). The van der Waals surface area contributed by atoms with Gasteiger partial charge < -0.3 is 9.64 Å². The van der Waals surface area contributed by atoms with Gasteiger partial charge in [0.05, 0.1) is 4.90 Å². The van der Waals surface area contributed by atoms with E-state index in [0.717, 1.165) is 18.4 Å². The van der Waals surface area contributed by atoms with Crippen molar-refractivity contribution in [2.24, 2.45) is 5.92 Å². The van der Waals surface area contributed by atoms with E-state index in [1.807, 2.05) is 27.7 Å². The third-order valence-corrected chi connectivity index (χ3v) is 6.77. The first-order valence-electron chi connectivity index (χ1n) is 9.10. The average molecular weight is 417 g/mol. The molecule has 0 aromatic heterocycles. The van der Waals surface area contributed by atoms with E-state index in [1.54, 1.807) is 19.2 Å². The normalized spacial score (nSPS) is 19.0. The minimum Gasteiger partial charge on any atom is -0.444 e. The van der Waals surface area contributed by atoms with Gasteiger partial charge in [-0.3, -0.25) is 0 Å². The Labute approximate surface area is 167 Å². The Morgan fingerprint density at radius 1 is 1.37 bits per heavy atom. The number of ether oxygens (including phenoxy) is 1. The number of piperidine rings is 1. The van der Waals surface area contributed by atoms with Gasteiger partial charge in [-0.2, -0.15) is 4.31 Å². The maximum atomic E-state index is 13.0. The summed E-state index contributed by atoms with van der Waals surface area (Å²) in [6.45, 7) is 8.60. The van der Waals surface area contributed by atoms with Crippen LogP contribution in [-0.2, 0) is 14.8 Å². The molecule has 0 N–H and O–H groups in total. The van der Waals surface area contributed by atoms with E-state index in [9.17, 15) is 13.2 Å². The summed E-state index contributed by atoms with van der Waals surface area (Å²) in [7, 11) is -1.92. The lowest BCUT2D eigenvalue weighted by molar-refractivity contribution is 0.0258. The summed E-state index contributed by atoms with van der Waals surface area (Å²) >= 11 is 6.10. The van der Waals surface area contributed by atoms with Crippen LogP contribution in [0.2, 0.25) is 5.02 Å². The van der Waals surface area contributed by atoms with Gasteiger partial charge >= 0.3 is 6.09 Å². The second-order valence-electron chi connectivity index (χ2n) is 8.14. The highest BCUT2D eigenvalue weighted by Gasteiger charge is 2.32. The third-order valence-electron chi connectivity index (χ3n) is 4.50. The largest absolute Gasteiger partial charge is 0.444 e. The Balaban J connectivity index is 2.06. The summed E-state index contributed by atoms with van der Waals surface area (Å²) in [5.41, 5.74) is 0.281. The number of carbonyl (C=O) groups excluding carboxylic acids is 1. The smallest absolute Gasteiger partial charge is 0.410 e. The molecule has 1 aliphatic heterocycles. The topological polar surface area (TPSA) is 66.9 Å². The maximum Gasteiger partial charge on any atom is 0.410 e. The Morgan fingerprint density at radius 2 is 2.04 bits per heavy atom. The fraction of sp³-hybridized carbons (Fsp3) is 0.632. The Hall–Kier alpha value is -1.31. The Kier molecular flexibility index (Phi) is 6.81. The molecule has 1 amide bonds. The lowest BCUT2D eigenvalue weighted by Crippen LogP contribution is -2.44. The van der Waals surface area contributed by atoms with Gasteiger partial charge in [0, 0.05) is 31.7 Å². The summed E-state index contributed by atoms with van der Waals surface area (Å²) in [5.74, 6) is 0.0620. The molecule has 1 heterocycles. The second-order valence-corrected chi connectivity index (χ2v) is 10.5. The van der Waals surface area contributed by atoms with Crippen molar-refractivity contribution in [3.63, 3.8) is 0 Å². The van der Waals surface area contributed by atoms with Crippen molar-refractivity contribution in [2.75, 3.05) is 26.7 Å². The molecule has 1 aromatic carbocycles. The lowest BCUT2D eigenvalue weighted by Gasteiger charge is -2.34. The molecule has 1 fully saturated rings. The number of sulfonamides is 1. The van der Waals surface area contributed by atoms with E-state index in [-0.39, 0.29) is 10.8 Å². The van der Waals surface area contributed by atoms with Gasteiger partial charge in [0.25, 0.3) is 0 Å². The van der Waals surface area contributed by atoms with Crippen molar-refractivity contribution < 1.29 is 17.9 Å². The first-order valence-corrected chi connectivity index (χ1v) is 10.9. The molecule has 8 heteroatoms. The second kappa shape index (κ2) is 8.37. The molecule has 1 aliphatic rings. The van der Waals surface area contributed by atoms with Gasteiger partial charge in [0.15, 0.2) is 0 Å². The van der Waals surface area contributed by atoms with Crippen LogP contribution in [0.1, 0.15) is 39.2 Å². The maximum absolute atomic E-state index is 13.0. The fourth-order valence-electron chi connectivity index (χ4n) is 3.08. The number of aryl methyl sites for hydroxylation is 1. The van der Waals surface area contributed by atoms with Crippen LogP contribution < -0.4 is 0 Å². The molecule has 0 saturated carbocycles. The standard InChI is InChI=1S/C19H29ClN2O4S/c1-14-8-9-16(11-17(14)20)27(24,25)22-10-6-7-15(13-22)12-21(5)18(23)26-19(2,3)4/h8-9,11,15H,6-7,10,12-13H2,1-5H3/t15-/m1/s1. The van der Waals surface area contributed by atoms with Crippen molar-refractivity contribution in [1.82, 2.24) is 9.21 Å². The van der Waals surface area contributed by atoms with Gasteiger partial charge in [-0.05, 0) is 64.2 Å². The molecular formula is C19H29ClN2O4S. The number of benzene rings is 1. The highest BCUT2D eigenvalue weighted by Crippen LogP contribution is 2.27. The van der Waals surface area contributed by atoms with Crippen LogP contribution in [0.15, 0.2) is 23.1 Å². The summed E-state index contributed by atoms with van der Waals surface area (Å²) in [5, 5.41) is 0.439. The zero-order valence-electron chi connectivity index (χ0n) is 16.7. The minimum atomic E-state index is -3.60. The Bertz CT molecular complexity index is 789. The van der Waals surface area contributed by atoms with Gasteiger partial charge in [-0.15, -0.1) is 0 Å². The predicted octanol–water partition coefficient (Wildman–Crippen LogP) is 3.92. The highest BCUT2D eigenvalue weighted by atomic mass is 35.5. The van der Waals surface area contributed by atoms with Crippen molar-refractivity contribution in [1.29, 1.82) is 0 Å². The summed E-state index contributed by atoms with van der Waals surface area (Å²) < 4.78 is 32.8. The molecule has 1 saturated heterocycles. The fourth-order valence-corrected chi connectivity index (χ4v) is 4.91. The zero-order chi connectivity index (χ0) is 20.4. The number of hydrogen-bond acceptors (Lipinski definition) is 4. The van der Waals surface area contributed by atoms with Gasteiger partial charge in [-0.1, -0.05) is 17.7 Å². The van der Waals surface area contributed by atoms with Crippen LogP contribution in [0.25, 0.3) is 0 Å². The summed E-state index contributed by atoms with van der Waals surface area (Å²) in [4.78, 5) is 13.9. The van der Waals surface area contributed by atoms with Crippen molar-refractivity contribution in [2.45, 2.75) is 51.0 Å². The van der Waals surface area contributed by atoms with Crippen molar-refractivity contribution in [3.8, 4) is 0 Å². The molecule has 0 spiro atoms. The van der Waals surface area contributed by atoms with Crippen LogP contribution in [0.3, 0.4) is 0 Å². The van der Waals surface area contributed by atoms with Gasteiger partial charge in [0.2, 0.25) is 10.0 Å². The molecule has 152 valence electrons. The molecule has 1 atom stereocenters. The quantitative estimate of drug-likeness (QED) is 0.746. The number of carbonyl (C=O) groups is 1. The highest BCUT2D eigenvalue weighted by molar-refractivity contribution is 7.89. The van der Waals surface area contributed by atoms with E-state index >= 15 is 0 Å². The molecule has 0 radical (unpaired) electrons. The van der Waals surface area contributed by atoms with Crippen LogP contribution in [0, 0.1) is 12.8 Å². The number of nitrogens with zero attached hydrogens (tertiary/aromatic N) is 2. The van der Waals surface area contributed by atoms with E-state index < -0.39 is 21.7 Å². The van der Waals surface area contributed by atoms with E-state index in [1.165, 1.54) is 15.3 Å². The Morgan fingerprint density at radius 3 is 2.63 bits per heavy atom. The van der Waals surface area contributed by atoms with Crippen LogP contribution in [0.5, 0.6) is 0 Å². The number of hydrogen-bond donors (Lipinski definition) is 0. The first-order chi connectivity index (χ1) is 12.4. The molecule has 6 nitrogen and oxygen atoms in total. The monoisotopic (exact) mass is 416 g/mol. The molecule has 0 bridgehead atoms. The zero-order valence-corrected chi connectivity index (χ0v) is 18.2. The molecular weight excluding hydrogens is 388 g/mol. The molecule has 0 aliphatic carbocycles. The van der Waals surface area contributed by atoms with Gasteiger partial charge in [0.1, 0.15) is 5.60 Å².